The van der Waals surface area contributed by atoms with Gasteiger partial charge in [0.15, 0.2) is 6.10 Å². The largest absolute Gasteiger partial charge is 0.449 e. The van der Waals surface area contributed by atoms with E-state index in [2.05, 4.69) is 5.32 Å². The van der Waals surface area contributed by atoms with E-state index in [0.29, 0.717) is 12.2 Å². The fraction of sp³-hybridized carbons (Fsp3) is 0.500. The molecule has 132 valence electrons. The second kappa shape index (κ2) is 8.28. The first-order valence-electron chi connectivity index (χ1n) is 7.58. The van der Waals surface area contributed by atoms with Crippen LogP contribution in [0.5, 0.6) is 0 Å². The Morgan fingerprint density at radius 2 is 1.92 bits per heavy atom. The van der Waals surface area contributed by atoms with E-state index >= 15 is 0 Å². The third-order valence-electron chi connectivity index (χ3n) is 3.23. The van der Waals surface area contributed by atoms with Crippen LogP contribution in [0.1, 0.15) is 31.1 Å². The highest BCUT2D eigenvalue weighted by Gasteiger charge is 2.23. The zero-order valence-corrected chi connectivity index (χ0v) is 14.5. The first-order chi connectivity index (χ1) is 11.1. The highest BCUT2D eigenvalue weighted by molar-refractivity contribution is 5.98. The summed E-state index contributed by atoms with van der Waals surface area (Å²) >= 11 is 0. The van der Waals surface area contributed by atoms with Crippen molar-refractivity contribution in [3.8, 4) is 0 Å². The molecule has 1 atom stereocenters. The van der Waals surface area contributed by atoms with Crippen LogP contribution < -0.4 is 10.2 Å². The van der Waals surface area contributed by atoms with Gasteiger partial charge in [-0.05, 0) is 18.9 Å². The molecule has 24 heavy (non-hydrogen) atoms. The number of anilines is 1. The molecule has 1 aromatic rings. The number of nitro benzene ring substituents is 1. The average molecular weight is 337 g/mol. The van der Waals surface area contributed by atoms with Crippen LogP contribution in [0.4, 0.5) is 11.4 Å². The number of hydrogen-bond acceptors (Lipinski definition) is 6. The van der Waals surface area contributed by atoms with Gasteiger partial charge in [-0.25, -0.2) is 4.79 Å². The Morgan fingerprint density at radius 1 is 1.29 bits per heavy atom. The minimum atomic E-state index is -0.995. The van der Waals surface area contributed by atoms with E-state index in [9.17, 15) is 19.7 Å². The van der Waals surface area contributed by atoms with E-state index in [1.54, 1.807) is 19.0 Å². The number of esters is 1. The Labute approximate surface area is 140 Å². The van der Waals surface area contributed by atoms with Crippen molar-refractivity contribution in [3.05, 3.63) is 33.9 Å². The summed E-state index contributed by atoms with van der Waals surface area (Å²) in [5.74, 6) is -0.919. The predicted octanol–water partition coefficient (Wildman–Crippen LogP) is 1.98. The lowest BCUT2D eigenvalue weighted by atomic mass is 10.1. The second-order valence-corrected chi connectivity index (χ2v) is 6.04. The lowest BCUT2D eigenvalue weighted by Crippen LogP contribution is -2.37. The molecule has 8 nitrogen and oxygen atoms in total. The third-order valence-corrected chi connectivity index (χ3v) is 3.23. The Balaban J connectivity index is 2.95. The number of carbonyl (C=O) groups is 2. The molecule has 8 heteroatoms. The number of ether oxygens (including phenoxy) is 1. The van der Waals surface area contributed by atoms with Gasteiger partial charge in [-0.15, -0.1) is 0 Å². The van der Waals surface area contributed by atoms with Crippen molar-refractivity contribution in [2.75, 3.05) is 25.5 Å². The number of benzene rings is 1. The summed E-state index contributed by atoms with van der Waals surface area (Å²) in [6.07, 6.45) is -0.995. The molecule has 0 saturated carbocycles. The van der Waals surface area contributed by atoms with Crippen molar-refractivity contribution >= 4 is 23.3 Å². The number of nitrogens with zero attached hydrogens (tertiary/aromatic N) is 2. The van der Waals surface area contributed by atoms with E-state index < -0.39 is 22.9 Å². The van der Waals surface area contributed by atoms with Crippen LogP contribution in [0.2, 0.25) is 0 Å². The lowest BCUT2D eigenvalue weighted by Gasteiger charge is -2.18. The molecule has 0 saturated heterocycles. The molecule has 0 aliphatic heterocycles. The molecule has 0 unspecified atom stereocenters. The summed E-state index contributed by atoms with van der Waals surface area (Å²) in [5.41, 5.74) is 0.294. The van der Waals surface area contributed by atoms with Crippen molar-refractivity contribution in [1.82, 2.24) is 5.32 Å². The standard InChI is InChI=1S/C16H23N3O5/c1-10(2)9-17-15(20)11(3)24-16(21)13-8-12(19(22)23)6-7-14(13)18(4)5/h6-8,10-11H,9H2,1-5H3,(H,17,20)/t11-/m0/s1. The molecule has 1 N–H and O–H groups in total. The van der Waals surface area contributed by atoms with Gasteiger partial charge in [0.2, 0.25) is 0 Å². The topological polar surface area (TPSA) is 102 Å². The van der Waals surface area contributed by atoms with Gasteiger partial charge in [0.05, 0.1) is 16.2 Å². The van der Waals surface area contributed by atoms with Gasteiger partial charge < -0.3 is 15.0 Å². The van der Waals surface area contributed by atoms with E-state index in [0.717, 1.165) is 6.07 Å². The molecule has 0 spiro atoms. The normalized spacial score (nSPS) is 11.8. The number of non-ortho nitro benzene ring substituents is 1. The molecule has 0 bridgehead atoms. The zero-order chi connectivity index (χ0) is 18.4. The maximum Gasteiger partial charge on any atom is 0.341 e. The highest BCUT2D eigenvalue weighted by Crippen LogP contribution is 2.25. The van der Waals surface area contributed by atoms with E-state index in [-0.39, 0.29) is 17.2 Å². The van der Waals surface area contributed by atoms with Crippen molar-refractivity contribution < 1.29 is 19.2 Å². The highest BCUT2D eigenvalue weighted by atomic mass is 16.6. The van der Waals surface area contributed by atoms with Crippen molar-refractivity contribution in [3.63, 3.8) is 0 Å². The number of nitrogens with one attached hydrogen (secondary N) is 1. The zero-order valence-electron chi connectivity index (χ0n) is 14.5. The molecular weight excluding hydrogens is 314 g/mol. The summed E-state index contributed by atoms with van der Waals surface area (Å²) in [5, 5.41) is 13.6. The monoisotopic (exact) mass is 337 g/mol. The minimum Gasteiger partial charge on any atom is -0.449 e. The van der Waals surface area contributed by atoms with Gasteiger partial charge in [0.1, 0.15) is 0 Å². The second-order valence-electron chi connectivity index (χ2n) is 6.04. The van der Waals surface area contributed by atoms with Crippen LogP contribution in [-0.2, 0) is 9.53 Å². The molecule has 0 aliphatic carbocycles. The molecule has 0 heterocycles. The van der Waals surface area contributed by atoms with E-state index in [1.807, 2.05) is 13.8 Å². The van der Waals surface area contributed by atoms with Crippen molar-refractivity contribution in [2.24, 2.45) is 5.92 Å². The molecule has 0 fully saturated rings. The molecule has 0 aromatic heterocycles. The first kappa shape index (κ1) is 19.4. The van der Waals surface area contributed by atoms with Gasteiger partial charge in [0.25, 0.3) is 11.6 Å². The molecule has 0 aliphatic rings. The first-order valence-corrected chi connectivity index (χ1v) is 7.58. The summed E-state index contributed by atoms with van der Waals surface area (Å²) in [7, 11) is 3.41. The third kappa shape index (κ3) is 5.22. The molecule has 1 amide bonds. The Bertz CT molecular complexity index is 628. The quantitative estimate of drug-likeness (QED) is 0.464. The van der Waals surface area contributed by atoms with Crippen LogP contribution in [0.15, 0.2) is 18.2 Å². The number of rotatable bonds is 7. The van der Waals surface area contributed by atoms with Gasteiger partial charge in [-0.1, -0.05) is 13.8 Å². The van der Waals surface area contributed by atoms with Crippen molar-refractivity contribution in [1.29, 1.82) is 0 Å². The van der Waals surface area contributed by atoms with Crippen LogP contribution in [-0.4, -0.2) is 43.5 Å². The molecular formula is C16H23N3O5. The van der Waals surface area contributed by atoms with Gasteiger partial charge >= 0.3 is 5.97 Å². The Morgan fingerprint density at radius 3 is 2.42 bits per heavy atom. The van der Waals surface area contributed by atoms with Crippen LogP contribution in [0.3, 0.4) is 0 Å². The number of carbonyl (C=O) groups excluding carboxylic acids is 2. The van der Waals surface area contributed by atoms with Crippen LogP contribution >= 0.6 is 0 Å². The van der Waals surface area contributed by atoms with Gasteiger partial charge in [-0.2, -0.15) is 0 Å². The number of nitro groups is 1. The SMILES string of the molecule is CC(C)CNC(=O)[C@H](C)OC(=O)c1cc([N+](=O)[O-])ccc1N(C)C. The van der Waals surface area contributed by atoms with Gasteiger partial charge in [-0.3, -0.25) is 14.9 Å². The lowest BCUT2D eigenvalue weighted by molar-refractivity contribution is -0.384. The Hall–Kier alpha value is -2.64. The summed E-state index contributed by atoms with van der Waals surface area (Å²) in [4.78, 5) is 36.2. The van der Waals surface area contributed by atoms with Crippen molar-refractivity contribution in [2.45, 2.75) is 26.9 Å². The summed E-state index contributed by atoms with van der Waals surface area (Å²) < 4.78 is 5.16. The summed E-state index contributed by atoms with van der Waals surface area (Å²) in [6, 6.07) is 3.93. The average Bonchev–Trinajstić information content (AvgIpc) is 2.51. The van der Waals surface area contributed by atoms with Gasteiger partial charge in [0, 0.05) is 32.8 Å². The fourth-order valence-corrected chi connectivity index (χ4v) is 1.92. The predicted molar refractivity (Wildman–Crippen MR) is 90.1 cm³/mol. The Kier molecular flexibility index (Phi) is 6.69. The number of hydrogen-bond donors (Lipinski definition) is 1. The smallest absolute Gasteiger partial charge is 0.341 e. The summed E-state index contributed by atoms with van der Waals surface area (Å²) in [6.45, 7) is 5.83. The maximum atomic E-state index is 12.3. The van der Waals surface area contributed by atoms with E-state index in [1.165, 1.54) is 19.1 Å². The fourth-order valence-electron chi connectivity index (χ4n) is 1.92. The minimum absolute atomic E-state index is 0.0395. The van der Waals surface area contributed by atoms with Crippen LogP contribution in [0, 0.1) is 16.0 Å². The van der Waals surface area contributed by atoms with E-state index in [4.69, 9.17) is 4.74 Å². The molecule has 0 radical (unpaired) electrons. The number of amides is 1. The van der Waals surface area contributed by atoms with Crippen LogP contribution in [0.25, 0.3) is 0 Å². The maximum absolute atomic E-state index is 12.3. The molecule has 1 rings (SSSR count). The molecule has 1 aromatic carbocycles.